The molecule has 1 aromatic carbocycles. The summed E-state index contributed by atoms with van der Waals surface area (Å²) in [4.78, 5) is 4.14. The Morgan fingerprint density at radius 2 is 1.89 bits per heavy atom. The van der Waals surface area contributed by atoms with Crippen LogP contribution in [0.15, 0.2) is 35.3 Å². The predicted octanol–water partition coefficient (Wildman–Crippen LogP) is 1.70. The molecule has 1 heterocycles. The lowest BCUT2D eigenvalue weighted by Gasteiger charge is -2.25. The van der Waals surface area contributed by atoms with Gasteiger partial charge in [0.15, 0.2) is 5.96 Å². The lowest BCUT2D eigenvalue weighted by molar-refractivity contribution is 0.0646. The first-order chi connectivity index (χ1) is 13.5. The van der Waals surface area contributed by atoms with E-state index in [0.717, 1.165) is 17.9 Å². The number of hydrogen-bond donors (Lipinski definition) is 2. The molecule has 0 aliphatic carbocycles. The molecule has 7 nitrogen and oxygen atoms in total. The highest BCUT2D eigenvalue weighted by Crippen LogP contribution is 2.15. The smallest absolute Gasteiger partial charge is 0.215 e. The van der Waals surface area contributed by atoms with Gasteiger partial charge in [-0.2, -0.15) is 11.8 Å². The maximum absolute atomic E-state index is 12.3. The number of aliphatic imine (C=N–C) groups is 1. The molecule has 2 N–H and O–H groups in total. The normalized spacial score (nSPS) is 17.3. The molecule has 1 aliphatic rings. The summed E-state index contributed by atoms with van der Waals surface area (Å²) in [6, 6.07) is 10.1. The minimum atomic E-state index is -3.20. The second-order valence-corrected chi connectivity index (χ2v) is 9.84. The third-order valence-electron chi connectivity index (χ3n) is 4.49. The number of nitrogens with zero attached hydrogens (tertiary/aromatic N) is 2. The summed E-state index contributed by atoms with van der Waals surface area (Å²) in [5.41, 5.74) is 1.17. The van der Waals surface area contributed by atoms with E-state index in [0.29, 0.717) is 38.7 Å². The molecule has 28 heavy (non-hydrogen) atoms. The lowest BCUT2D eigenvalue weighted by Crippen LogP contribution is -2.44. The van der Waals surface area contributed by atoms with E-state index in [1.54, 1.807) is 23.1 Å². The number of thioether (sulfide) groups is 1. The van der Waals surface area contributed by atoms with Gasteiger partial charge in [0.25, 0.3) is 0 Å². The van der Waals surface area contributed by atoms with E-state index in [1.165, 1.54) is 5.56 Å². The number of nitrogens with one attached hydrogen (secondary N) is 2. The number of sulfonamides is 1. The van der Waals surface area contributed by atoms with Crippen molar-refractivity contribution in [2.75, 3.05) is 57.1 Å². The molecule has 1 fully saturated rings. The van der Waals surface area contributed by atoms with Gasteiger partial charge in [-0.15, -0.1) is 0 Å². The quantitative estimate of drug-likeness (QED) is 0.335. The van der Waals surface area contributed by atoms with E-state index >= 15 is 0 Å². The molecule has 0 saturated carbocycles. The zero-order chi connectivity index (χ0) is 20.2. The minimum Gasteiger partial charge on any atom is -0.374 e. The monoisotopic (exact) mass is 428 g/mol. The maximum Gasteiger partial charge on any atom is 0.215 e. The molecule has 1 saturated heterocycles. The fourth-order valence-electron chi connectivity index (χ4n) is 2.83. The average molecular weight is 429 g/mol. The third-order valence-corrected chi connectivity index (χ3v) is 7.30. The SMILES string of the molecule is CN=C(NCCCOC(C)c1ccccc1)NCCS(=O)(=O)N1CCSCC1. The van der Waals surface area contributed by atoms with E-state index in [1.807, 2.05) is 25.1 Å². The van der Waals surface area contributed by atoms with Crippen LogP contribution in [0.2, 0.25) is 0 Å². The van der Waals surface area contributed by atoms with Gasteiger partial charge in [-0.25, -0.2) is 12.7 Å². The Kier molecular flexibility index (Phi) is 10.1. The highest BCUT2D eigenvalue weighted by molar-refractivity contribution is 7.99. The Morgan fingerprint density at radius 1 is 1.21 bits per heavy atom. The fourth-order valence-corrected chi connectivity index (χ4v) is 5.32. The van der Waals surface area contributed by atoms with Crippen LogP contribution in [0.4, 0.5) is 0 Å². The van der Waals surface area contributed by atoms with Crippen molar-refractivity contribution in [1.29, 1.82) is 0 Å². The first-order valence-electron chi connectivity index (χ1n) is 9.69. The lowest BCUT2D eigenvalue weighted by atomic mass is 10.1. The molecular formula is C19H32N4O3S2. The average Bonchev–Trinajstić information content (AvgIpc) is 2.73. The van der Waals surface area contributed by atoms with E-state index in [2.05, 4.69) is 27.8 Å². The van der Waals surface area contributed by atoms with Crippen molar-refractivity contribution in [3.05, 3.63) is 35.9 Å². The molecule has 0 aromatic heterocycles. The van der Waals surface area contributed by atoms with Crippen LogP contribution in [0.25, 0.3) is 0 Å². The maximum atomic E-state index is 12.3. The highest BCUT2D eigenvalue weighted by atomic mass is 32.2. The van der Waals surface area contributed by atoms with Crippen LogP contribution in [0.1, 0.15) is 25.0 Å². The van der Waals surface area contributed by atoms with Gasteiger partial charge in [0.2, 0.25) is 10.0 Å². The van der Waals surface area contributed by atoms with E-state index in [9.17, 15) is 8.42 Å². The molecule has 158 valence electrons. The van der Waals surface area contributed by atoms with Crippen LogP contribution < -0.4 is 10.6 Å². The number of rotatable bonds is 10. The zero-order valence-electron chi connectivity index (χ0n) is 16.8. The number of ether oxygens (including phenoxy) is 1. The van der Waals surface area contributed by atoms with Gasteiger partial charge in [0.1, 0.15) is 0 Å². The molecule has 0 amide bonds. The van der Waals surface area contributed by atoms with Gasteiger partial charge in [-0.05, 0) is 18.9 Å². The molecule has 0 bridgehead atoms. The van der Waals surface area contributed by atoms with Crippen molar-refractivity contribution >= 4 is 27.7 Å². The highest BCUT2D eigenvalue weighted by Gasteiger charge is 2.23. The molecule has 2 rings (SSSR count). The van der Waals surface area contributed by atoms with Crippen molar-refractivity contribution in [2.45, 2.75) is 19.4 Å². The first kappa shape index (κ1) is 23.0. The summed E-state index contributed by atoms with van der Waals surface area (Å²) >= 11 is 1.80. The van der Waals surface area contributed by atoms with Crippen molar-refractivity contribution in [1.82, 2.24) is 14.9 Å². The molecule has 0 radical (unpaired) electrons. The van der Waals surface area contributed by atoms with Gasteiger partial charge in [-0.1, -0.05) is 30.3 Å². The van der Waals surface area contributed by atoms with Gasteiger partial charge in [-0.3, -0.25) is 4.99 Å². The second kappa shape index (κ2) is 12.3. The van der Waals surface area contributed by atoms with Crippen LogP contribution in [0, 0.1) is 0 Å². The molecule has 0 spiro atoms. The van der Waals surface area contributed by atoms with Gasteiger partial charge in [0.05, 0.1) is 11.9 Å². The Balaban J connectivity index is 1.59. The Hall–Kier alpha value is -1.29. The van der Waals surface area contributed by atoms with Gasteiger partial charge in [0, 0.05) is 51.3 Å². The topological polar surface area (TPSA) is 83.0 Å². The van der Waals surface area contributed by atoms with Gasteiger partial charge >= 0.3 is 0 Å². The summed E-state index contributed by atoms with van der Waals surface area (Å²) in [5, 5.41) is 6.27. The zero-order valence-corrected chi connectivity index (χ0v) is 18.4. The summed E-state index contributed by atoms with van der Waals surface area (Å²) in [7, 11) is -1.52. The van der Waals surface area contributed by atoms with Crippen LogP contribution in [0.3, 0.4) is 0 Å². The summed E-state index contributed by atoms with van der Waals surface area (Å²) in [6.45, 7) is 4.96. The van der Waals surface area contributed by atoms with Gasteiger partial charge < -0.3 is 15.4 Å². The second-order valence-electron chi connectivity index (χ2n) is 6.53. The molecule has 1 atom stereocenters. The molecule has 1 aromatic rings. The standard InChI is InChI=1S/C19H32N4O3S2/c1-17(18-7-4-3-5-8-18)26-13-6-9-21-19(20-2)22-10-16-28(24,25)23-11-14-27-15-12-23/h3-5,7-8,17H,6,9-16H2,1-2H3,(H2,20,21,22). The van der Waals surface area contributed by atoms with E-state index in [-0.39, 0.29) is 11.9 Å². The summed E-state index contributed by atoms with van der Waals surface area (Å²) in [5.74, 6) is 2.44. The molecule has 9 heteroatoms. The number of guanidine groups is 1. The van der Waals surface area contributed by atoms with E-state index < -0.39 is 10.0 Å². The Labute approximate surface area is 173 Å². The first-order valence-corrected chi connectivity index (χ1v) is 12.5. The van der Waals surface area contributed by atoms with Crippen LogP contribution in [-0.4, -0.2) is 75.8 Å². The molecule has 1 aliphatic heterocycles. The fraction of sp³-hybridized carbons (Fsp3) is 0.632. The van der Waals surface area contributed by atoms with Crippen LogP contribution in [0.5, 0.6) is 0 Å². The Morgan fingerprint density at radius 3 is 2.57 bits per heavy atom. The van der Waals surface area contributed by atoms with Crippen molar-refractivity contribution in [3.8, 4) is 0 Å². The number of hydrogen-bond acceptors (Lipinski definition) is 5. The van der Waals surface area contributed by atoms with Crippen molar-refractivity contribution in [2.24, 2.45) is 4.99 Å². The largest absolute Gasteiger partial charge is 0.374 e. The third kappa shape index (κ3) is 7.98. The van der Waals surface area contributed by atoms with E-state index in [4.69, 9.17) is 4.74 Å². The molecular weight excluding hydrogens is 396 g/mol. The Bertz CT molecular complexity index is 692. The predicted molar refractivity (Wildman–Crippen MR) is 117 cm³/mol. The van der Waals surface area contributed by atoms with Crippen molar-refractivity contribution < 1.29 is 13.2 Å². The summed E-state index contributed by atoms with van der Waals surface area (Å²) in [6.07, 6.45) is 0.902. The van der Waals surface area contributed by atoms with Crippen LogP contribution in [-0.2, 0) is 14.8 Å². The summed E-state index contributed by atoms with van der Waals surface area (Å²) < 4.78 is 32.1. The van der Waals surface area contributed by atoms with Crippen LogP contribution >= 0.6 is 11.8 Å². The minimum absolute atomic E-state index is 0.0667. The molecule has 1 unspecified atom stereocenters. The van der Waals surface area contributed by atoms with Crippen molar-refractivity contribution in [3.63, 3.8) is 0 Å². The number of benzene rings is 1.